The summed E-state index contributed by atoms with van der Waals surface area (Å²) >= 11 is 0. The molecule has 0 bridgehead atoms. The summed E-state index contributed by atoms with van der Waals surface area (Å²) in [6.07, 6.45) is 0.951. The van der Waals surface area contributed by atoms with Crippen molar-refractivity contribution in [2.75, 3.05) is 19.8 Å². The molecule has 1 aromatic carbocycles. The molecule has 0 radical (unpaired) electrons. The number of fused-ring (bicyclic) bond motifs is 1. The molecule has 1 saturated heterocycles. The van der Waals surface area contributed by atoms with Crippen molar-refractivity contribution in [2.45, 2.75) is 25.8 Å². The highest BCUT2D eigenvalue weighted by Gasteiger charge is 2.32. The van der Waals surface area contributed by atoms with Gasteiger partial charge in [-0.25, -0.2) is 4.90 Å². The summed E-state index contributed by atoms with van der Waals surface area (Å²) in [6.45, 7) is 4.68. The van der Waals surface area contributed by atoms with Crippen molar-refractivity contribution in [3.05, 3.63) is 35.4 Å². The minimum Gasteiger partial charge on any atom is -0.337 e. The SMILES string of the molecule is CC1c2ccccc2CCN1C1OCCO1. The predicted molar refractivity (Wildman–Crippen MR) is 61.0 cm³/mol. The largest absolute Gasteiger partial charge is 0.337 e. The van der Waals surface area contributed by atoms with Crippen LogP contribution in [0.2, 0.25) is 0 Å². The second-order valence-corrected chi connectivity index (χ2v) is 4.41. The summed E-state index contributed by atoms with van der Waals surface area (Å²) in [5.74, 6) is 0. The monoisotopic (exact) mass is 219 g/mol. The number of rotatable bonds is 1. The minimum absolute atomic E-state index is 0.136. The smallest absolute Gasteiger partial charge is 0.219 e. The molecule has 16 heavy (non-hydrogen) atoms. The highest BCUT2D eigenvalue weighted by atomic mass is 16.7. The molecule has 0 saturated carbocycles. The number of benzene rings is 1. The molecule has 0 spiro atoms. The van der Waals surface area contributed by atoms with Crippen molar-refractivity contribution >= 4 is 0 Å². The van der Waals surface area contributed by atoms with E-state index in [0.29, 0.717) is 6.04 Å². The molecule has 2 aliphatic heterocycles. The summed E-state index contributed by atoms with van der Waals surface area (Å²) in [7, 11) is 0. The third kappa shape index (κ3) is 1.65. The molecular formula is C13H17NO2. The summed E-state index contributed by atoms with van der Waals surface area (Å²) in [4.78, 5) is 2.30. The molecule has 1 atom stereocenters. The Morgan fingerprint density at radius 1 is 1.19 bits per heavy atom. The lowest BCUT2D eigenvalue weighted by Crippen LogP contribution is -2.42. The fraction of sp³-hybridized carbons (Fsp3) is 0.538. The Kier molecular flexibility index (Phi) is 2.67. The molecule has 1 aromatic rings. The van der Waals surface area contributed by atoms with Gasteiger partial charge in [0.15, 0.2) is 0 Å². The molecule has 3 heteroatoms. The standard InChI is InChI=1S/C13H17NO2/c1-10-12-5-3-2-4-11(12)6-7-14(10)13-15-8-9-16-13/h2-5,10,13H,6-9H2,1H3. The second kappa shape index (κ2) is 4.17. The Bertz CT molecular complexity index is 374. The number of nitrogens with zero attached hydrogens (tertiary/aromatic N) is 1. The second-order valence-electron chi connectivity index (χ2n) is 4.41. The van der Waals surface area contributed by atoms with Crippen LogP contribution in [0.15, 0.2) is 24.3 Å². The quantitative estimate of drug-likeness (QED) is 0.720. The van der Waals surface area contributed by atoms with Crippen molar-refractivity contribution < 1.29 is 9.47 Å². The van der Waals surface area contributed by atoms with Gasteiger partial charge in [0.1, 0.15) is 0 Å². The third-order valence-electron chi connectivity index (χ3n) is 3.52. The van der Waals surface area contributed by atoms with Gasteiger partial charge < -0.3 is 9.47 Å². The molecule has 2 heterocycles. The van der Waals surface area contributed by atoms with E-state index in [2.05, 4.69) is 36.1 Å². The van der Waals surface area contributed by atoms with Gasteiger partial charge >= 0.3 is 0 Å². The van der Waals surface area contributed by atoms with Crippen molar-refractivity contribution in [3.8, 4) is 0 Å². The van der Waals surface area contributed by atoms with Crippen LogP contribution in [-0.2, 0) is 15.9 Å². The summed E-state index contributed by atoms with van der Waals surface area (Å²) in [5, 5.41) is 0. The summed E-state index contributed by atoms with van der Waals surface area (Å²) in [5.41, 5.74) is 2.87. The average molecular weight is 219 g/mol. The highest BCUT2D eigenvalue weighted by Crippen LogP contribution is 2.31. The van der Waals surface area contributed by atoms with Crippen LogP contribution in [-0.4, -0.2) is 31.1 Å². The normalized spacial score (nSPS) is 26.9. The Labute approximate surface area is 96.0 Å². The zero-order valence-corrected chi connectivity index (χ0v) is 9.56. The van der Waals surface area contributed by atoms with Crippen LogP contribution in [0, 0.1) is 0 Å². The highest BCUT2D eigenvalue weighted by molar-refractivity contribution is 5.32. The lowest BCUT2D eigenvalue weighted by atomic mass is 9.94. The zero-order valence-electron chi connectivity index (χ0n) is 9.56. The maximum Gasteiger partial charge on any atom is 0.219 e. The van der Waals surface area contributed by atoms with E-state index in [1.54, 1.807) is 0 Å². The molecule has 86 valence electrons. The van der Waals surface area contributed by atoms with Gasteiger partial charge in [0, 0.05) is 12.6 Å². The molecule has 3 nitrogen and oxygen atoms in total. The van der Waals surface area contributed by atoms with E-state index in [1.807, 2.05) is 0 Å². The fourth-order valence-electron chi connectivity index (χ4n) is 2.62. The van der Waals surface area contributed by atoms with Crippen LogP contribution in [0.3, 0.4) is 0 Å². The maximum atomic E-state index is 5.58. The van der Waals surface area contributed by atoms with Crippen molar-refractivity contribution in [1.29, 1.82) is 0 Å². The van der Waals surface area contributed by atoms with E-state index in [0.717, 1.165) is 26.2 Å². The number of hydrogen-bond donors (Lipinski definition) is 0. The fourth-order valence-corrected chi connectivity index (χ4v) is 2.62. The molecule has 2 aliphatic rings. The van der Waals surface area contributed by atoms with Crippen LogP contribution in [0.25, 0.3) is 0 Å². The summed E-state index contributed by atoms with van der Waals surface area (Å²) < 4.78 is 11.2. The van der Waals surface area contributed by atoms with Gasteiger partial charge in [0.05, 0.1) is 13.2 Å². The van der Waals surface area contributed by atoms with Crippen molar-refractivity contribution in [1.82, 2.24) is 4.90 Å². The van der Waals surface area contributed by atoms with E-state index in [4.69, 9.17) is 9.47 Å². The molecular weight excluding hydrogens is 202 g/mol. The van der Waals surface area contributed by atoms with E-state index >= 15 is 0 Å². The third-order valence-corrected chi connectivity index (χ3v) is 3.52. The van der Waals surface area contributed by atoms with Crippen molar-refractivity contribution in [3.63, 3.8) is 0 Å². The molecule has 1 unspecified atom stereocenters. The minimum atomic E-state index is -0.136. The van der Waals surface area contributed by atoms with Gasteiger partial charge in [0.2, 0.25) is 6.41 Å². The maximum absolute atomic E-state index is 5.58. The first-order chi connectivity index (χ1) is 7.86. The predicted octanol–water partition coefficient (Wildman–Crippen LogP) is 1.94. The first-order valence-corrected chi connectivity index (χ1v) is 5.93. The van der Waals surface area contributed by atoms with Gasteiger partial charge in [-0.2, -0.15) is 0 Å². The Hall–Kier alpha value is -0.900. The van der Waals surface area contributed by atoms with Crippen LogP contribution in [0.4, 0.5) is 0 Å². The van der Waals surface area contributed by atoms with Crippen molar-refractivity contribution in [2.24, 2.45) is 0 Å². The molecule has 1 fully saturated rings. The lowest BCUT2D eigenvalue weighted by Gasteiger charge is -2.37. The van der Waals surface area contributed by atoms with Crippen LogP contribution in [0.1, 0.15) is 24.1 Å². The molecule has 0 amide bonds. The van der Waals surface area contributed by atoms with E-state index < -0.39 is 0 Å². The van der Waals surface area contributed by atoms with Crippen LogP contribution < -0.4 is 0 Å². The Morgan fingerprint density at radius 3 is 2.75 bits per heavy atom. The first-order valence-electron chi connectivity index (χ1n) is 5.93. The molecule has 0 aliphatic carbocycles. The Balaban J connectivity index is 1.85. The van der Waals surface area contributed by atoms with E-state index in [9.17, 15) is 0 Å². The molecule has 0 N–H and O–H groups in total. The van der Waals surface area contributed by atoms with Gasteiger partial charge in [0.25, 0.3) is 0 Å². The molecule has 0 aromatic heterocycles. The van der Waals surface area contributed by atoms with Crippen LogP contribution >= 0.6 is 0 Å². The number of hydrogen-bond acceptors (Lipinski definition) is 3. The Morgan fingerprint density at radius 2 is 1.94 bits per heavy atom. The van der Waals surface area contributed by atoms with Crippen LogP contribution in [0.5, 0.6) is 0 Å². The first kappa shape index (κ1) is 10.3. The van der Waals surface area contributed by atoms with Gasteiger partial charge in [-0.3, -0.25) is 0 Å². The topological polar surface area (TPSA) is 21.7 Å². The average Bonchev–Trinajstić information content (AvgIpc) is 2.83. The van der Waals surface area contributed by atoms with Gasteiger partial charge in [-0.05, 0) is 24.5 Å². The number of ether oxygens (including phenoxy) is 2. The van der Waals surface area contributed by atoms with E-state index in [-0.39, 0.29) is 6.41 Å². The van der Waals surface area contributed by atoms with Gasteiger partial charge in [-0.1, -0.05) is 24.3 Å². The van der Waals surface area contributed by atoms with Gasteiger partial charge in [-0.15, -0.1) is 0 Å². The lowest BCUT2D eigenvalue weighted by molar-refractivity contribution is -0.168. The molecule has 3 rings (SSSR count). The summed E-state index contributed by atoms with van der Waals surface area (Å²) in [6, 6.07) is 9.03. The van der Waals surface area contributed by atoms with E-state index in [1.165, 1.54) is 11.1 Å². The zero-order chi connectivity index (χ0) is 11.0.